The van der Waals surface area contributed by atoms with Crippen LogP contribution in [-0.2, 0) is 11.2 Å². The van der Waals surface area contributed by atoms with Crippen LogP contribution in [0.5, 0.6) is 0 Å². The molecular formula is C31H37FN2O. The number of hydrogen-bond donors (Lipinski definition) is 0. The number of aromatic nitrogens is 2. The van der Waals surface area contributed by atoms with Crippen molar-refractivity contribution in [3.05, 3.63) is 90.5 Å². The summed E-state index contributed by atoms with van der Waals surface area (Å²) in [4.78, 5) is 8.91. The van der Waals surface area contributed by atoms with E-state index >= 15 is 0 Å². The monoisotopic (exact) mass is 472 g/mol. The molecule has 0 saturated heterocycles. The minimum Gasteiger partial charge on any atom is -0.379 e. The summed E-state index contributed by atoms with van der Waals surface area (Å²) in [5.74, 6) is 0.252. The molecule has 0 radical (unpaired) electrons. The molecule has 0 fully saturated rings. The summed E-state index contributed by atoms with van der Waals surface area (Å²) < 4.78 is 20.1. The first-order valence-electron chi connectivity index (χ1n) is 12.7. The van der Waals surface area contributed by atoms with Crippen LogP contribution >= 0.6 is 0 Å². The van der Waals surface area contributed by atoms with E-state index in [-0.39, 0.29) is 5.82 Å². The number of unbranched alkanes of at least 4 members (excludes halogenated alkanes) is 3. The first-order chi connectivity index (χ1) is 17.1. The third-order valence-corrected chi connectivity index (χ3v) is 6.01. The topological polar surface area (TPSA) is 35.0 Å². The second-order valence-electron chi connectivity index (χ2n) is 8.94. The molecule has 0 spiro atoms. The van der Waals surface area contributed by atoms with Crippen LogP contribution in [0.3, 0.4) is 0 Å². The van der Waals surface area contributed by atoms with E-state index in [4.69, 9.17) is 4.74 Å². The lowest BCUT2D eigenvalue weighted by Gasteiger charge is -2.12. The average molecular weight is 473 g/mol. The summed E-state index contributed by atoms with van der Waals surface area (Å²) in [6.45, 7) is 8.93. The summed E-state index contributed by atoms with van der Waals surface area (Å²) in [5, 5.41) is 0. The maximum atomic E-state index is 14.2. The molecular weight excluding hydrogens is 435 g/mol. The first kappa shape index (κ1) is 26.5. The Morgan fingerprint density at radius 2 is 1.71 bits per heavy atom. The number of halogens is 1. The molecule has 2 aromatic carbocycles. The molecule has 4 heteroatoms. The highest BCUT2D eigenvalue weighted by molar-refractivity contribution is 5.66. The van der Waals surface area contributed by atoms with Crippen molar-refractivity contribution in [1.82, 2.24) is 9.97 Å². The SMILES string of the molecule is C=CCc1ccc(-c2ncc(-c3ccc(/C=C/CCCC(C)OCCCCC)cc3)cn2)cc1F. The Morgan fingerprint density at radius 1 is 0.971 bits per heavy atom. The van der Waals surface area contributed by atoms with Gasteiger partial charge in [0.25, 0.3) is 0 Å². The van der Waals surface area contributed by atoms with Crippen molar-refractivity contribution in [2.45, 2.75) is 64.9 Å². The molecule has 1 aromatic heterocycles. The van der Waals surface area contributed by atoms with Gasteiger partial charge < -0.3 is 4.74 Å². The van der Waals surface area contributed by atoms with E-state index in [2.05, 4.69) is 66.8 Å². The maximum Gasteiger partial charge on any atom is 0.159 e. The zero-order valence-corrected chi connectivity index (χ0v) is 21.1. The molecule has 35 heavy (non-hydrogen) atoms. The number of benzene rings is 2. The van der Waals surface area contributed by atoms with Crippen molar-refractivity contribution >= 4 is 6.08 Å². The third-order valence-electron chi connectivity index (χ3n) is 6.01. The Bertz CT molecular complexity index is 1070. The van der Waals surface area contributed by atoms with Gasteiger partial charge in [-0.05, 0) is 61.8 Å². The van der Waals surface area contributed by atoms with E-state index < -0.39 is 0 Å². The van der Waals surface area contributed by atoms with Crippen LogP contribution in [0.15, 0.2) is 73.6 Å². The van der Waals surface area contributed by atoms with E-state index in [0.717, 1.165) is 43.4 Å². The van der Waals surface area contributed by atoms with Crippen molar-refractivity contribution in [3.63, 3.8) is 0 Å². The van der Waals surface area contributed by atoms with Crippen molar-refractivity contribution in [2.24, 2.45) is 0 Å². The molecule has 1 unspecified atom stereocenters. The Morgan fingerprint density at radius 3 is 2.40 bits per heavy atom. The van der Waals surface area contributed by atoms with Crippen LogP contribution in [0.1, 0.15) is 63.5 Å². The van der Waals surface area contributed by atoms with Crippen molar-refractivity contribution < 1.29 is 9.13 Å². The van der Waals surface area contributed by atoms with Crippen LogP contribution in [-0.4, -0.2) is 22.7 Å². The summed E-state index contributed by atoms with van der Waals surface area (Å²) in [5.41, 5.74) is 4.44. The molecule has 1 heterocycles. The second-order valence-corrected chi connectivity index (χ2v) is 8.94. The molecule has 3 nitrogen and oxygen atoms in total. The van der Waals surface area contributed by atoms with Crippen LogP contribution < -0.4 is 0 Å². The van der Waals surface area contributed by atoms with Crippen molar-refractivity contribution in [2.75, 3.05) is 6.61 Å². The van der Waals surface area contributed by atoms with Gasteiger partial charge in [0, 0.05) is 30.1 Å². The standard InChI is InChI=1S/C31H37FN2O/c1-4-6-10-20-35-24(3)12-8-7-9-13-25-14-16-26(17-15-25)29-22-33-31(34-23-29)28-19-18-27(11-5-2)30(32)21-28/h5,9,13-19,21-24H,2,4,6-8,10-12,20H2,1,3H3/b13-9+. The minimum atomic E-state index is -0.260. The minimum absolute atomic E-state index is 0.260. The smallest absolute Gasteiger partial charge is 0.159 e. The summed E-state index contributed by atoms with van der Waals surface area (Å²) in [6.07, 6.45) is 17.4. The molecule has 3 rings (SSSR count). The molecule has 0 bridgehead atoms. The number of ether oxygens (including phenoxy) is 1. The van der Waals surface area contributed by atoms with E-state index in [0.29, 0.717) is 29.5 Å². The van der Waals surface area contributed by atoms with Gasteiger partial charge in [-0.15, -0.1) is 6.58 Å². The number of allylic oxidation sites excluding steroid dienone is 2. The van der Waals surface area contributed by atoms with Crippen molar-refractivity contribution in [1.29, 1.82) is 0 Å². The molecule has 0 amide bonds. The summed E-state index contributed by atoms with van der Waals surface area (Å²) >= 11 is 0. The highest BCUT2D eigenvalue weighted by Crippen LogP contribution is 2.23. The molecule has 184 valence electrons. The first-order valence-corrected chi connectivity index (χ1v) is 12.7. The van der Waals surface area contributed by atoms with Gasteiger partial charge in [-0.2, -0.15) is 0 Å². The Hall–Kier alpha value is -3.11. The van der Waals surface area contributed by atoms with E-state index in [1.165, 1.54) is 24.5 Å². The predicted octanol–water partition coefficient (Wildman–Crippen LogP) is 8.46. The van der Waals surface area contributed by atoms with Crippen LogP contribution in [0.4, 0.5) is 4.39 Å². The Kier molecular flexibility index (Phi) is 10.8. The van der Waals surface area contributed by atoms with Gasteiger partial charge in [-0.3, -0.25) is 0 Å². The van der Waals surface area contributed by atoms with Gasteiger partial charge in [0.05, 0.1) is 6.10 Å². The highest BCUT2D eigenvalue weighted by Gasteiger charge is 2.07. The fourth-order valence-electron chi connectivity index (χ4n) is 3.88. The van der Waals surface area contributed by atoms with Gasteiger partial charge in [0.1, 0.15) is 5.82 Å². The molecule has 0 N–H and O–H groups in total. The molecule has 0 aliphatic carbocycles. The zero-order chi connectivity index (χ0) is 24.9. The molecule has 3 aromatic rings. The van der Waals surface area contributed by atoms with Crippen molar-refractivity contribution in [3.8, 4) is 22.5 Å². The van der Waals surface area contributed by atoms with Crippen LogP contribution in [0.25, 0.3) is 28.6 Å². The van der Waals surface area contributed by atoms with Gasteiger partial charge in [-0.1, -0.05) is 74.4 Å². The van der Waals surface area contributed by atoms with Gasteiger partial charge in [0.2, 0.25) is 0 Å². The molecule has 0 aliphatic heterocycles. The third kappa shape index (κ3) is 8.56. The largest absolute Gasteiger partial charge is 0.379 e. The second kappa shape index (κ2) is 14.3. The maximum absolute atomic E-state index is 14.2. The van der Waals surface area contributed by atoms with Crippen LogP contribution in [0, 0.1) is 5.82 Å². The normalized spacial score (nSPS) is 12.2. The van der Waals surface area contributed by atoms with E-state index in [1.807, 2.05) is 6.07 Å². The predicted molar refractivity (Wildman–Crippen MR) is 145 cm³/mol. The summed E-state index contributed by atoms with van der Waals surface area (Å²) in [6, 6.07) is 13.5. The molecule has 0 aliphatic rings. The lowest BCUT2D eigenvalue weighted by atomic mass is 10.1. The van der Waals surface area contributed by atoms with Gasteiger partial charge in [-0.25, -0.2) is 14.4 Å². The Labute approximate surface area is 209 Å². The highest BCUT2D eigenvalue weighted by atomic mass is 19.1. The fourth-order valence-corrected chi connectivity index (χ4v) is 3.88. The Balaban J connectivity index is 1.49. The molecule has 0 saturated carbocycles. The summed E-state index contributed by atoms with van der Waals surface area (Å²) in [7, 11) is 0. The van der Waals surface area contributed by atoms with E-state index in [9.17, 15) is 4.39 Å². The van der Waals surface area contributed by atoms with E-state index in [1.54, 1.807) is 24.5 Å². The number of hydrogen-bond acceptors (Lipinski definition) is 3. The number of nitrogens with zero attached hydrogens (tertiary/aromatic N) is 2. The quantitative estimate of drug-likeness (QED) is 0.174. The van der Waals surface area contributed by atoms with Gasteiger partial charge in [0.15, 0.2) is 5.82 Å². The van der Waals surface area contributed by atoms with Crippen LogP contribution in [0.2, 0.25) is 0 Å². The number of rotatable bonds is 14. The lowest BCUT2D eigenvalue weighted by Crippen LogP contribution is -2.08. The molecule has 1 atom stereocenters. The average Bonchev–Trinajstić information content (AvgIpc) is 2.88. The fraction of sp³-hybridized carbons (Fsp3) is 0.355. The lowest BCUT2D eigenvalue weighted by molar-refractivity contribution is 0.0566. The zero-order valence-electron chi connectivity index (χ0n) is 21.1. The van der Waals surface area contributed by atoms with Gasteiger partial charge >= 0.3 is 0 Å².